The van der Waals surface area contributed by atoms with Crippen LogP contribution in [-0.2, 0) is 0 Å². The van der Waals surface area contributed by atoms with E-state index in [9.17, 15) is 4.79 Å². The van der Waals surface area contributed by atoms with Crippen LogP contribution in [0.15, 0.2) is 35.4 Å². The number of imidazole rings is 1. The third-order valence-corrected chi connectivity index (χ3v) is 4.61. The Morgan fingerprint density at radius 2 is 2.04 bits per heavy atom. The lowest BCUT2D eigenvalue weighted by Gasteiger charge is -2.36. The zero-order valence-corrected chi connectivity index (χ0v) is 13.3. The first-order valence-corrected chi connectivity index (χ1v) is 8.22. The summed E-state index contributed by atoms with van der Waals surface area (Å²) in [5.74, 6) is 0. The van der Waals surface area contributed by atoms with Gasteiger partial charge in [-0.05, 0) is 31.2 Å². The van der Waals surface area contributed by atoms with Crippen molar-refractivity contribution in [2.24, 2.45) is 0 Å². The highest BCUT2D eigenvalue weighted by Gasteiger charge is 2.17. The van der Waals surface area contributed by atoms with Gasteiger partial charge in [-0.25, -0.2) is 4.98 Å². The summed E-state index contributed by atoms with van der Waals surface area (Å²) in [5, 5.41) is 0. The average Bonchev–Trinajstić information content (AvgIpc) is 3.06. The van der Waals surface area contributed by atoms with Crippen molar-refractivity contribution in [2.75, 3.05) is 37.6 Å². The van der Waals surface area contributed by atoms with E-state index in [4.69, 9.17) is 0 Å². The van der Waals surface area contributed by atoms with Crippen LogP contribution in [0.5, 0.6) is 0 Å². The molecule has 6 nitrogen and oxygen atoms in total. The number of benzene rings is 1. The Morgan fingerprint density at radius 3 is 2.83 bits per heavy atom. The van der Waals surface area contributed by atoms with E-state index in [2.05, 4.69) is 38.8 Å². The quantitative estimate of drug-likeness (QED) is 0.800. The average molecular weight is 311 g/mol. The minimum atomic E-state index is -0.150. The highest BCUT2D eigenvalue weighted by Crippen LogP contribution is 2.22. The summed E-state index contributed by atoms with van der Waals surface area (Å²) in [6.45, 7) is 7.72. The van der Waals surface area contributed by atoms with E-state index in [0.29, 0.717) is 5.65 Å². The zero-order chi connectivity index (χ0) is 15.8. The number of hydrogen-bond donors (Lipinski definition) is 1. The van der Waals surface area contributed by atoms with Crippen LogP contribution in [0.1, 0.15) is 13.3 Å². The summed E-state index contributed by atoms with van der Waals surface area (Å²) in [4.78, 5) is 24.0. The lowest BCUT2D eigenvalue weighted by molar-refractivity contribution is 0.258. The maximum atomic E-state index is 12.0. The first-order valence-electron chi connectivity index (χ1n) is 8.22. The molecule has 1 aromatic carbocycles. The summed E-state index contributed by atoms with van der Waals surface area (Å²) in [5.41, 5.74) is 3.33. The molecule has 23 heavy (non-hydrogen) atoms. The second-order valence-corrected chi connectivity index (χ2v) is 6.11. The number of hydrogen-bond acceptors (Lipinski definition) is 4. The third-order valence-electron chi connectivity index (χ3n) is 4.61. The van der Waals surface area contributed by atoms with E-state index >= 15 is 0 Å². The van der Waals surface area contributed by atoms with Crippen molar-refractivity contribution in [1.29, 1.82) is 0 Å². The number of anilines is 1. The molecule has 4 rings (SSSR count). The van der Waals surface area contributed by atoms with E-state index in [1.54, 1.807) is 6.20 Å². The number of nitrogens with one attached hydrogen (secondary N) is 1. The minimum Gasteiger partial charge on any atom is -0.369 e. The van der Waals surface area contributed by atoms with Crippen molar-refractivity contribution in [3.05, 3.63) is 40.9 Å². The van der Waals surface area contributed by atoms with Gasteiger partial charge < -0.3 is 9.88 Å². The summed E-state index contributed by atoms with van der Waals surface area (Å²) in [7, 11) is 0. The number of fused-ring (bicyclic) bond motifs is 3. The number of nitrogens with zero attached hydrogens (tertiary/aromatic N) is 4. The number of aromatic amines is 1. The zero-order valence-electron chi connectivity index (χ0n) is 13.3. The van der Waals surface area contributed by atoms with Gasteiger partial charge in [0.2, 0.25) is 5.65 Å². The van der Waals surface area contributed by atoms with Crippen LogP contribution in [-0.4, -0.2) is 52.0 Å². The SMILES string of the molecule is CCCN1CCN(c2ccc3[nH]c(=O)c4nccn4c3c2)CC1. The minimum absolute atomic E-state index is 0.150. The van der Waals surface area contributed by atoms with Crippen LogP contribution in [0.2, 0.25) is 0 Å². The molecule has 0 amide bonds. The second kappa shape index (κ2) is 5.70. The molecule has 1 aliphatic heterocycles. The fourth-order valence-electron chi connectivity index (χ4n) is 3.41. The smallest absolute Gasteiger partial charge is 0.292 e. The maximum Gasteiger partial charge on any atom is 0.292 e. The van der Waals surface area contributed by atoms with Gasteiger partial charge in [-0.3, -0.25) is 14.1 Å². The van der Waals surface area contributed by atoms with Crippen molar-refractivity contribution in [1.82, 2.24) is 19.3 Å². The van der Waals surface area contributed by atoms with Gasteiger partial charge in [-0.15, -0.1) is 0 Å². The molecule has 0 radical (unpaired) electrons. The fraction of sp³-hybridized carbons (Fsp3) is 0.412. The van der Waals surface area contributed by atoms with Gasteiger partial charge in [0.15, 0.2) is 0 Å². The molecule has 1 fully saturated rings. The maximum absolute atomic E-state index is 12.0. The number of rotatable bonds is 3. The Morgan fingerprint density at radius 1 is 1.22 bits per heavy atom. The molecular formula is C17H21N5O. The summed E-state index contributed by atoms with van der Waals surface area (Å²) < 4.78 is 1.87. The molecular weight excluding hydrogens is 290 g/mol. The molecule has 0 spiro atoms. The van der Waals surface area contributed by atoms with Crippen LogP contribution in [0.3, 0.4) is 0 Å². The Hall–Kier alpha value is -2.34. The third kappa shape index (κ3) is 2.49. The molecule has 0 bridgehead atoms. The van der Waals surface area contributed by atoms with E-state index < -0.39 is 0 Å². The van der Waals surface area contributed by atoms with E-state index in [1.807, 2.05) is 16.7 Å². The summed E-state index contributed by atoms with van der Waals surface area (Å²) in [6.07, 6.45) is 4.72. The van der Waals surface area contributed by atoms with Crippen LogP contribution >= 0.6 is 0 Å². The largest absolute Gasteiger partial charge is 0.369 e. The standard InChI is InChI=1S/C17H21N5O/c1-2-6-20-8-10-21(11-9-20)13-3-4-14-15(12-13)22-7-5-18-16(22)17(23)19-14/h3-5,7,12H,2,6,8-11H2,1H3,(H,19,23). The van der Waals surface area contributed by atoms with Crippen molar-refractivity contribution < 1.29 is 0 Å². The highest BCUT2D eigenvalue weighted by molar-refractivity contribution is 5.81. The normalized spacial score (nSPS) is 16.5. The first kappa shape index (κ1) is 14.3. The van der Waals surface area contributed by atoms with Gasteiger partial charge in [0.05, 0.1) is 11.0 Å². The number of piperazine rings is 1. The lowest BCUT2D eigenvalue weighted by Crippen LogP contribution is -2.46. The van der Waals surface area contributed by atoms with Crippen molar-refractivity contribution in [3.8, 4) is 0 Å². The molecule has 2 aromatic heterocycles. The molecule has 0 saturated carbocycles. The lowest BCUT2D eigenvalue weighted by atomic mass is 10.2. The molecule has 6 heteroatoms. The Kier molecular flexibility index (Phi) is 3.53. The number of aromatic nitrogens is 3. The predicted molar refractivity (Wildman–Crippen MR) is 92.3 cm³/mol. The van der Waals surface area contributed by atoms with Crippen molar-refractivity contribution in [3.63, 3.8) is 0 Å². The molecule has 0 unspecified atom stereocenters. The molecule has 3 aromatic rings. The highest BCUT2D eigenvalue weighted by atomic mass is 16.1. The van der Waals surface area contributed by atoms with Gasteiger partial charge >= 0.3 is 0 Å². The van der Waals surface area contributed by atoms with E-state index in [-0.39, 0.29) is 5.56 Å². The topological polar surface area (TPSA) is 56.6 Å². The molecule has 120 valence electrons. The van der Waals surface area contributed by atoms with Gasteiger partial charge in [0.1, 0.15) is 0 Å². The monoisotopic (exact) mass is 311 g/mol. The first-order chi connectivity index (χ1) is 11.3. The summed E-state index contributed by atoms with van der Waals surface area (Å²) in [6, 6.07) is 6.23. The molecule has 1 saturated heterocycles. The van der Waals surface area contributed by atoms with Crippen LogP contribution in [0.4, 0.5) is 5.69 Å². The molecule has 0 aliphatic carbocycles. The van der Waals surface area contributed by atoms with Gasteiger partial charge in [-0.2, -0.15) is 0 Å². The Bertz CT molecular complexity index is 889. The molecule has 1 aliphatic rings. The van der Waals surface area contributed by atoms with Gasteiger partial charge in [0, 0.05) is 44.3 Å². The Labute approximate surface area is 134 Å². The summed E-state index contributed by atoms with van der Waals surface area (Å²) >= 11 is 0. The van der Waals surface area contributed by atoms with Crippen LogP contribution in [0, 0.1) is 0 Å². The van der Waals surface area contributed by atoms with Crippen molar-refractivity contribution in [2.45, 2.75) is 13.3 Å². The predicted octanol–water partition coefficient (Wildman–Crippen LogP) is 1.71. The fourth-order valence-corrected chi connectivity index (χ4v) is 3.41. The molecule has 0 atom stereocenters. The molecule has 1 N–H and O–H groups in total. The molecule has 3 heterocycles. The van der Waals surface area contributed by atoms with Crippen LogP contribution in [0.25, 0.3) is 16.7 Å². The second-order valence-electron chi connectivity index (χ2n) is 6.11. The van der Waals surface area contributed by atoms with E-state index in [1.165, 1.54) is 18.7 Å². The van der Waals surface area contributed by atoms with Crippen molar-refractivity contribution >= 4 is 22.4 Å². The Balaban J connectivity index is 1.69. The van der Waals surface area contributed by atoms with E-state index in [0.717, 1.165) is 37.2 Å². The van der Waals surface area contributed by atoms with Gasteiger partial charge in [0.25, 0.3) is 5.56 Å². The van der Waals surface area contributed by atoms with Crippen LogP contribution < -0.4 is 10.5 Å². The van der Waals surface area contributed by atoms with Gasteiger partial charge in [-0.1, -0.05) is 6.92 Å². The number of H-pyrrole nitrogens is 1.